The maximum atomic E-state index is 5.61. The van der Waals surface area contributed by atoms with Crippen LogP contribution in [0.2, 0.25) is 0 Å². The Hall–Kier alpha value is -1.88. The van der Waals surface area contributed by atoms with Gasteiger partial charge in [-0.3, -0.25) is 5.10 Å². The van der Waals surface area contributed by atoms with Crippen molar-refractivity contribution in [1.82, 2.24) is 20.5 Å². The summed E-state index contributed by atoms with van der Waals surface area (Å²) in [4.78, 5) is 4.26. The monoisotopic (exact) mass is 274 g/mol. The summed E-state index contributed by atoms with van der Waals surface area (Å²) in [5, 5.41) is 10.3. The van der Waals surface area contributed by atoms with Gasteiger partial charge in [-0.2, -0.15) is 5.10 Å². The summed E-state index contributed by atoms with van der Waals surface area (Å²) in [6.07, 6.45) is 3.62. The van der Waals surface area contributed by atoms with Gasteiger partial charge in [0.2, 0.25) is 0 Å². The van der Waals surface area contributed by atoms with Gasteiger partial charge in [0.25, 0.3) is 0 Å². The van der Waals surface area contributed by atoms with Gasteiger partial charge in [-0.1, -0.05) is 26.0 Å². The van der Waals surface area contributed by atoms with Crippen molar-refractivity contribution < 1.29 is 4.74 Å². The molecule has 0 radical (unpaired) electrons. The molecule has 2 aromatic rings. The Morgan fingerprint density at radius 1 is 1.20 bits per heavy atom. The van der Waals surface area contributed by atoms with Crippen molar-refractivity contribution in [3.05, 3.63) is 42.0 Å². The van der Waals surface area contributed by atoms with Crippen molar-refractivity contribution in [2.75, 3.05) is 13.2 Å². The zero-order valence-electron chi connectivity index (χ0n) is 12.1. The molecule has 0 aliphatic rings. The fourth-order valence-corrected chi connectivity index (χ4v) is 1.99. The predicted octanol–water partition coefficient (Wildman–Crippen LogP) is 2.68. The molecule has 1 atom stereocenters. The summed E-state index contributed by atoms with van der Waals surface area (Å²) in [6, 6.07) is 8.18. The van der Waals surface area contributed by atoms with Gasteiger partial charge in [0.05, 0.1) is 12.6 Å². The number of H-pyrrole nitrogens is 1. The minimum atomic E-state index is 0.0395. The van der Waals surface area contributed by atoms with Crippen molar-refractivity contribution in [2.24, 2.45) is 0 Å². The predicted molar refractivity (Wildman–Crippen MR) is 78.7 cm³/mol. The number of aromatic amines is 1. The quantitative estimate of drug-likeness (QED) is 0.777. The van der Waals surface area contributed by atoms with Crippen LogP contribution in [0.1, 0.15) is 44.1 Å². The summed E-state index contributed by atoms with van der Waals surface area (Å²) < 4.78 is 5.61. The molecule has 0 aliphatic heterocycles. The Kier molecular flexibility index (Phi) is 5.55. The maximum Gasteiger partial charge on any atom is 0.145 e. The zero-order chi connectivity index (χ0) is 14.2. The molecule has 0 spiro atoms. The average Bonchev–Trinajstić information content (AvgIpc) is 3.01. The Morgan fingerprint density at radius 2 is 2.00 bits per heavy atom. The van der Waals surface area contributed by atoms with E-state index in [-0.39, 0.29) is 6.04 Å². The van der Waals surface area contributed by atoms with E-state index in [4.69, 9.17) is 4.74 Å². The molecule has 0 bridgehead atoms. The van der Waals surface area contributed by atoms with Crippen molar-refractivity contribution in [1.29, 1.82) is 0 Å². The molecule has 2 N–H and O–H groups in total. The molecule has 1 heterocycles. The molecule has 108 valence electrons. The molecule has 0 amide bonds. The van der Waals surface area contributed by atoms with Crippen molar-refractivity contribution in [3.63, 3.8) is 0 Å². The van der Waals surface area contributed by atoms with Crippen LogP contribution in [0.3, 0.4) is 0 Å². The number of nitrogens with zero attached hydrogens (tertiary/aromatic N) is 2. The van der Waals surface area contributed by atoms with Crippen molar-refractivity contribution in [2.45, 2.75) is 32.7 Å². The van der Waals surface area contributed by atoms with Crippen LogP contribution in [-0.4, -0.2) is 28.3 Å². The van der Waals surface area contributed by atoms with E-state index in [1.807, 2.05) is 12.1 Å². The lowest BCUT2D eigenvalue weighted by molar-refractivity contribution is 0.317. The van der Waals surface area contributed by atoms with Crippen LogP contribution in [0.15, 0.2) is 30.6 Å². The molecule has 1 unspecified atom stereocenters. The molecule has 1 aromatic heterocycles. The highest BCUT2D eigenvalue weighted by Crippen LogP contribution is 2.21. The van der Waals surface area contributed by atoms with Crippen LogP contribution in [0.25, 0.3) is 0 Å². The zero-order valence-corrected chi connectivity index (χ0v) is 12.1. The second-order valence-electron chi connectivity index (χ2n) is 4.68. The Morgan fingerprint density at radius 3 is 2.60 bits per heavy atom. The molecule has 0 aliphatic carbocycles. The SMILES string of the molecule is CCCNC(c1ccc(OCCC)cc1)c1ncn[nH]1. The van der Waals surface area contributed by atoms with Gasteiger partial charge < -0.3 is 10.1 Å². The summed E-state index contributed by atoms with van der Waals surface area (Å²) in [5.74, 6) is 1.74. The molecule has 5 nitrogen and oxygen atoms in total. The van der Waals surface area contributed by atoms with E-state index in [2.05, 4.69) is 46.5 Å². The first-order chi connectivity index (χ1) is 9.85. The molecule has 20 heavy (non-hydrogen) atoms. The van der Waals surface area contributed by atoms with E-state index < -0.39 is 0 Å². The van der Waals surface area contributed by atoms with Crippen LogP contribution in [0.4, 0.5) is 0 Å². The molecular weight excluding hydrogens is 252 g/mol. The molecule has 2 rings (SSSR count). The third-order valence-electron chi connectivity index (χ3n) is 2.99. The second-order valence-corrected chi connectivity index (χ2v) is 4.68. The summed E-state index contributed by atoms with van der Waals surface area (Å²) >= 11 is 0. The molecule has 0 fully saturated rings. The molecule has 5 heteroatoms. The van der Waals surface area contributed by atoms with Crippen LogP contribution in [-0.2, 0) is 0 Å². The molecular formula is C15H22N4O. The summed E-state index contributed by atoms with van der Waals surface area (Å²) in [5.41, 5.74) is 1.15. The molecule has 0 saturated heterocycles. The Bertz CT molecular complexity index is 481. The topological polar surface area (TPSA) is 62.8 Å². The van der Waals surface area contributed by atoms with E-state index in [0.717, 1.165) is 43.1 Å². The normalized spacial score (nSPS) is 12.3. The fourth-order valence-electron chi connectivity index (χ4n) is 1.99. The van der Waals surface area contributed by atoms with E-state index >= 15 is 0 Å². The third kappa shape index (κ3) is 3.81. The van der Waals surface area contributed by atoms with Crippen LogP contribution in [0, 0.1) is 0 Å². The maximum absolute atomic E-state index is 5.61. The van der Waals surface area contributed by atoms with Gasteiger partial charge in [-0.05, 0) is 37.1 Å². The number of aromatic nitrogens is 3. The number of rotatable bonds is 8. The average molecular weight is 274 g/mol. The Balaban J connectivity index is 2.12. The van der Waals surface area contributed by atoms with Crippen molar-refractivity contribution in [3.8, 4) is 5.75 Å². The number of nitrogens with one attached hydrogen (secondary N) is 2. The highest BCUT2D eigenvalue weighted by Gasteiger charge is 2.15. The lowest BCUT2D eigenvalue weighted by atomic mass is 10.1. The third-order valence-corrected chi connectivity index (χ3v) is 2.99. The van der Waals surface area contributed by atoms with Crippen LogP contribution in [0.5, 0.6) is 5.75 Å². The number of hydrogen-bond acceptors (Lipinski definition) is 4. The van der Waals surface area contributed by atoms with E-state index in [9.17, 15) is 0 Å². The van der Waals surface area contributed by atoms with Gasteiger partial charge in [0, 0.05) is 0 Å². The van der Waals surface area contributed by atoms with E-state index in [1.54, 1.807) is 0 Å². The lowest BCUT2D eigenvalue weighted by Gasteiger charge is -2.16. The number of ether oxygens (including phenoxy) is 1. The van der Waals surface area contributed by atoms with Gasteiger partial charge in [-0.25, -0.2) is 4.98 Å². The second kappa shape index (κ2) is 7.65. The highest BCUT2D eigenvalue weighted by molar-refractivity contribution is 5.31. The first-order valence-corrected chi connectivity index (χ1v) is 7.16. The fraction of sp³-hybridized carbons (Fsp3) is 0.467. The van der Waals surface area contributed by atoms with Crippen molar-refractivity contribution >= 4 is 0 Å². The summed E-state index contributed by atoms with van der Waals surface area (Å²) in [6.45, 7) is 5.92. The standard InChI is InChI=1S/C15H22N4O/c1-3-9-16-14(15-17-11-18-19-15)12-5-7-13(8-6-12)20-10-4-2/h5-8,11,14,16H,3-4,9-10H2,1-2H3,(H,17,18,19). The minimum Gasteiger partial charge on any atom is -0.494 e. The molecule has 1 aromatic carbocycles. The van der Waals surface area contributed by atoms with Crippen LogP contribution >= 0.6 is 0 Å². The van der Waals surface area contributed by atoms with Gasteiger partial charge >= 0.3 is 0 Å². The minimum absolute atomic E-state index is 0.0395. The largest absolute Gasteiger partial charge is 0.494 e. The smallest absolute Gasteiger partial charge is 0.145 e. The highest BCUT2D eigenvalue weighted by atomic mass is 16.5. The number of hydrogen-bond donors (Lipinski definition) is 2. The number of benzene rings is 1. The van der Waals surface area contributed by atoms with E-state index in [0.29, 0.717) is 0 Å². The van der Waals surface area contributed by atoms with E-state index in [1.165, 1.54) is 6.33 Å². The first-order valence-electron chi connectivity index (χ1n) is 7.16. The molecule has 0 saturated carbocycles. The van der Waals surface area contributed by atoms with Gasteiger partial charge in [-0.15, -0.1) is 0 Å². The Labute approximate surface area is 119 Å². The van der Waals surface area contributed by atoms with Crippen LogP contribution < -0.4 is 10.1 Å². The van der Waals surface area contributed by atoms with Gasteiger partial charge in [0.1, 0.15) is 17.9 Å². The lowest BCUT2D eigenvalue weighted by Crippen LogP contribution is -2.24. The van der Waals surface area contributed by atoms with Gasteiger partial charge in [0.15, 0.2) is 0 Å². The summed E-state index contributed by atoms with van der Waals surface area (Å²) in [7, 11) is 0. The first kappa shape index (κ1) is 14.5.